The molecular formula is C4H3BN4O. The molecule has 5 nitrogen and oxygen atoms in total. The van der Waals surface area contributed by atoms with Gasteiger partial charge in [-0.05, 0) is 0 Å². The third-order valence-electron chi connectivity index (χ3n) is 0.825. The first-order chi connectivity index (χ1) is 4.83. The second-order valence-corrected chi connectivity index (χ2v) is 1.48. The lowest BCUT2D eigenvalue weighted by Gasteiger charge is -1.86. The van der Waals surface area contributed by atoms with Crippen molar-refractivity contribution in [2.75, 3.05) is 0 Å². The van der Waals surface area contributed by atoms with Crippen LogP contribution >= 0.6 is 0 Å². The van der Waals surface area contributed by atoms with E-state index in [9.17, 15) is 4.79 Å². The summed E-state index contributed by atoms with van der Waals surface area (Å²) in [6.07, 6.45) is 1.32. The first-order valence-electron chi connectivity index (χ1n) is 2.49. The summed E-state index contributed by atoms with van der Waals surface area (Å²) in [6, 6.07) is 1.48. The molecule has 1 rings (SSSR count). The average molecular weight is 134 g/mol. The Morgan fingerprint density at radius 1 is 1.70 bits per heavy atom. The molecule has 6 heteroatoms. The fourth-order valence-electron chi connectivity index (χ4n) is 0.480. The van der Waals surface area contributed by atoms with Gasteiger partial charge in [0.25, 0.3) is 7.98 Å². The van der Waals surface area contributed by atoms with Gasteiger partial charge in [-0.2, -0.15) is 5.11 Å². The van der Waals surface area contributed by atoms with Crippen LogP contribution in [0.15, 0.2) is 27.2 Å². The number of nitrogens with zero attached hydrogens (tertiary/aromatic N) is 3. The van der Waals surface area contributed by atoms with Gasteiger partial charge in [0.2, 0.25) is 0 Å². The Bertz CT molecular complexity index is 293. The third-order valence-corrected chi connectivity index (χ3v) is 0.825. The molecule has 0 saturated carbocycles. The smallest absolute Gasteiger partial charge is 0.289 e. The maximum Gasteiger partial charge on any atom is 0.346 e. The van der Waals surface area contributed by atoms with Crippen LogP contribution in [0.5, 0.6) is 0 Å². The van der Waals surface area contributed by atoms with E-state index in [0.29, 0.717) is 5.82 Å². The van der Waals surface area contributed by atoms with Crippen molar-refractivity contribution in [3.8, 4) is 0 Å². The van der Waals surface area contributed by atoms with Gasteiger partial charge in [0.05, 0.1) is 0 Å². The maximum absolute atomic E-state index is 10.5. The lowest BCUT2D eigenvalue weighted by atomic mass is 10.5. The summed E-state index contributed by atoms with van der Waals surface area (Å²) in [5.74, 6) is 0.294. The van der Waals surface area contributed by atoms with E-state index in [1.807, 2.05) is 0 Å². The van der Waals surface area contributed by atoms with Gasteiger partial charge < -0.3 is 0 Å². The van der Waals surface area contributed by atoms with Crippen LogP contribution < -0.4 is 5.69 Å². The molecule has 0 saturated heterocycles. The molecule has 0 fully saturated rings. The number of rotatable bonds is 1. The molecule has 1 heterocycles. The van der Waals surface area contributed by atoms with E-state index < -0.39 is 5.69 Å². The minimum Gasteiger partial charge on any atom is -0.289 e. The molecule has 0 unspecified atom stereocenters. The topological polar surface area (TPSA) is 70.5 Å². The predicted molar refractivity (Wildman–Crippen MR) is 35.1 cm³/mol. The van der Waals surface area contributed by atoms with E-state index in [1.54, 1.807) is 0 Å². The van der Waals surface area contributed by atoms with E-state index >= 15 is 0 Å². The lowest BCUT2D eigenvalue weighted by molar-refractivity contribution is 1.05. The van der Waals surface area contributed by atoms with Crippen LogP contribution in [0.3, 0.4) is 0 Å². The summed E-state index contributed by atoms with van der Waals surface area (Å²) >= 11 is 0. The molecule has 1 aromatic heterocycles. The largest absolute Gasteiger partial charge is 0.346 e. The van der Waals surface area contributed by atoms with Gasteiger partial charge >= 0.3 is 5.69 Å². The monoisotopic (exact) mass is 134 g/mol. The van der Waals surface area contributed by atoms with E-state index in [4.69, 9.17) is 7.98 Å². The van der Waals surface area contributed by atoms with Crippen molar-refractivity contribution in [3.05, 3.63) is 22.7 Å². The Balaban J connectivity index is 3.07. The molecule has 0 aliphatic heterocycles. The highest BCUT2D eigenvalue weighted by molar-refractivity contribution is 6.04. The van der Waals surface area contributed by atoms with Gasteiger partial charge in [-0.3, -0.25) is 10.0 Å². The van der Waals surface area contributed by atoms with E-state index in [1.165, 1.54) is 12.3 Å². The summed E-state index contributed by atoms with van der Waals surface area (Å²) in [6.45, 7) is 0. The van der Waals surface area contributed by atoms with Crippen LogP contribution in [-0.4, -0.2) is 17.9 Å². The zero-order valence-corrected chi connectivity index (χ0v) is 4.98. The second-order valence-electron chi connectivity index (χ2n) is 1.48. The van der Waals surface area contributed by atoms with Crippen molar-refractivity contribution in [3.63, 3.8) is 0 Å². The molecular weight excluding hydrogens is 131 g/mol. The molecule has 10 heavy (non-hydrogen) atoms. The molecule has 0 aliphatic carbocycles. The summed E-state index contributed by atoms with van der Waals surface area (Å²) in [5.41, 5.74) is -0.468. The Morgan fingerprint density at radius 2 is 2.50 bits per heavy atom. The fraction of sp³-hybridized carbons (Fsp3) is 0. The van der Waals surface area contributed by atoms with Crippen LogP contribution in [0, 0.1) is 0 Å². The second kappa shape index (κ2) is 2.91. The Morgan fingerprint density at radius 3 is 3.10 bits per heavy atom. The van der Waals surface area contributed by atoms with Gasteiger partial charge in [0.1, 0.15) is 0 Å². The van der Waals surface area contributed by atoms with Gasteiger partial charge in [-0.25, -0.2) is 9.78 Å². The number of aromatic nitrogens is 2. The highest BCUT2D eigenvalue weighted by atomic mass is 16.1. The van der Waals surface area contributed by atoms with Crippen molar-refractivity contribution in [2.24, 2.45) is 10.1 Å². The van der Waals surface area contributed by atoms with Gasteiger partial charge in [-0.15, -0.1) is 0 Å². The van der Waals surface area contributed by atoms with Crippen molar-refractivity contribution in [1.29, 1.82) is 0 Å². The van der Waals surface area contributed by atoms with Gasteiger partial charge in [0.15, 0.2) is 5.82 Å². The first-order valence-corrected chi connectivity index (χ1v) is 2.49. The number of nitrogens with one attached hydrogen (secondary N) is 1. The number of H-pyrrole nitrogens is 1. The third kappa shape index (κ3) is 1.51. The Hall–Kier alpha value is -1.46. The molecule has 0 aliphatic rings. The molecule has 0 spiro atoms. The summed E-state index contributed by atoms with van der Waals surface area (Å²) in [7, 11) is 4.73. The van der Waals surface area contributed by atoms with Gasteiger partial charge in [0, 0.05) is 12.3 Å². The SMILES string of the molecule is [B]N=Nc1ccnc(=O)[nH]1. The molecule has 2 radical (unpaired) electrons. The number of aromatic amines is 1. The Labute approximate surface area is 57.7 Å². The summed E-state index contributed by atoms with van der Waals surface area (Å²) < 4.78 is 0. The fourth-order valence-corrected chi connectivity index (χ4v) is 0.480. The van der Waals surface area contributed by atoms with Crippen LogP contribution in [0.1, 0.15) is 0 Å². The molecule has 1 N–H and O–H groups in total. The molecule has 0 amide bonds. The zero-order valence-electron chi connectivity index (χ0n) is 4.98. The summed E-state index contributed by atoms with van der Waals surface area (Å²) in [4.78, 5) is 16.1. The molecule has 0 atom stereocenters. The highest BCUT2D eigenvalue weighted by Crippen LogP contribution is 2.00. The maximum atomic E-state index is 10.5. The molecule has 1 aromatic rings. The Kier molecular flexibility index (Phi) is 1.94. The number of hydrogen-bond donors (Lipinski definition) is 1. The predicted octanol–water partition coefficient (Wildman–Crippen LogP) is -0.0629. The molecule has 0 aromatic carbocycles. The first kappa shape index (κ1) is 6.66. The van der Waals surface area contributed by atoms with Gasteiger partial charge in [-0.1, -0.05) is 0 Å². The van der Waals surface area contributed by atoms with E-state index in [0.717, 1.165) is 0 Å². The minimum absolute atomic E-state index is 0.294. The molecule has 48 valence electrons. The van der Waals surface area contributed by atoms with E-state index in [-0.39, 0.29) is 0 Å². The average Bonchev–Trinajstić information content (AvgIpc) is 1.88. The lowest BCUT2D eigenvalue weighted by Crippen LogP contribution is -2.06. The van der Waals surface area contributed by atoms with Crippen molar-refractivity contribution < 1.29 is 0 Å². The molecule has 0 bridgehead atoms. The van der Waals surface area contributed by atoms with Crippen molar-refractivity contribution in [1.82, 2.24) is 9.97 Å². The zero-order chi connectivity index (χ0) is 7.40. The number of hydrogen-bond acceptors (Lipinski definition) is 4. The van der Waals surface area contributed by atoms with Crippen LogP contribution in [0.25, 0.3) is 0 Å². The van der Waals surface area contributed by atoms with Crippen LogP contribution in [-0.2, 0) is 0 Å². The van der Waals surface area contributed by atoms with Crippen molar-refractivity contribution in [2.45, 2.75) is 0 Å². The summed E-state index contributed by atoms with van der Waals surface area (Å²) in [5, 5.41) is 6.35. The van der Waals surface area contributed by atoms with E-state index in [2.05, 4.69) is 20.1 Å². The minimum atomic E-state index is -0.468. The van der Waals surface area contributed by atoms with Crippen LogP contribution in [0.2, 0.25) is 0 Å². The highest BCUT2D eigenvalue weighted by Gasteiger charge is 1.86. The van der Waals surface area contributed by atoms with Crippen molar-refractivity contribution >= 4 is 13.8 Å². The normalized spacial score (nSPS) is 10.4. The standard InChI is InChI=1S/C4H3BN4O/c5-9-8-3-1-2-6-4(10)7-3/h1-2H,(H,6,7,10). The quantitative estimate of drug-likeness (QED) is 0.431. The van der Waals surface area contributed by atoms with Crippen LogP contribution in [0.4, 0.5) is 5.82 Å².